The molecule has 4 aliphatic carbocycles. The third-order valence-electron chi connectivity index (χ3n) is 10.6. The van der Waals surface area contributed by atoms with Gasteiger partial charge in [-0.3, -0.25) is 4.79 Å². The highest BCUT2D eigenvalue weighted by atomic mass is 16.5. The van der Waals surface area contributed by atoms with Crippen LogP contribution in [0.15, 0.2) is 12.2 Å². The summed E-state index contributed by atoms with van der Waals surface area (Å²) in [6.07, 6.45) is 16.1. The fraction of sp³-hybridized carbons (Fsp3) is 0.857. The lowest BCUT2D eigenvalue weighted by atomic mass is 9.40. The second-order valence-electron chi connectivity index (χ2n) is 12.2. The number of aliphatic carboxylic acids is 1. The maximum Gasteiger partial charge on any atom is 0.330 e. The molecule has 1 spiro atoms. The minimum atomic E-state index is -0.726. The van der Waals surface area contributed by atoms with Crippen molar-refractivity contribution < 1.29 is 19.4 Å². The topological polar surface area (TPSA) is 63.6 Å². The summed E-state index contributed by atoms with van der Waals surface area (Å²) in [4.78, 5) is 25.3. The van der Waals surface area contributed by atoms with Crippen molar-refractivity contribution in [2.24, 2.45) is 39.9 Å². The number of esters is 1. The molecule has 0 unspecified atom stereocenters. The minimum Gasteiger partial charge on any atom is -0.481 e. The van der Waals surface area contributed by atoms with Crippen molar-refractivity contribution >= 4 is 11.9 Å². The van der Waals surface area contributed by atoms with E-state index in [9.17, 15) is 14.7 Å². The first-order valence-electron chi connectivity index (χ1n) is 13.3. The highest BCUT2D eigenvalue weighted by Crippen LogP contribution is 2.72. The van der Waals surface area contributed by atoms with Gasteiger partial charge in [-0.05, 0) is 100 Å². The third-order valence-corrected chi connectivity index (χ3v) is 10.6. The molecule has 0 heterocycles. The van der Waals surface area contributed by atoms with E-state index in [4.69, 9.17) is 4.74 Å². The van der Waals surface area contributed by atoms with Crippen LogP contribution in [0.25, 0.3) is 0 Å². The summed E-state index contributed by atoms with van der Waals surface area (Å²) in [5, 5.41) is 10.3. The average Bonchev–Trinajstić information content (AvgIpc) is 2.98. The highest BCUT2D eigenvalue weighted by molar-refractivity contribution is 5.82. The fourth-order valence-electron chi connectivity index (χ4n) is 8.99. The molecule has 1 N–H and O–H groups in total. The molecule has 4 nitrogen and oxygen atoms in total. The van der Waals surface area contributed by atoms with Gasteiger partial charge in [0.05, 0.1) is 5.41 Å². The number of carboxylic acid groups (broad SMARTS) is 1. The zero-order valence-electron chi connectivity index (χ0n) is 20.7. The van der Waals surface area contributed by atoms with Crippen LogP contribution in [-0.2, 0) is 14.3 Å². The van der Waals surface area contributed by atoms with E-state index in [1.807, 2.05) is 13.0 Å². The number of allylic oxidation sites excluding steroid dienone is 1. The zero-order chi connectivity index (χ0) is 23.1. The maximum absolute atomic E-state index is 12.8. The quantitative estimate of drug-likeness (QED) is 0.267. The van der Waals surface area contributed by atoms with E-state index >= 15 is 0 Å². The van der Waals surface area contributed by atoms with E-state index in [1.165, 1.54) is 38.5 Å². The molecule has 4 fully saturated rings. The predicted octanol–water partition coefficient (Wildman–Crippen LogP) is 6.78. The Bertz CT molecular complexity index is 755. The first kappa shape index (κ1) is 23.8. The van der Waals surface area contributed by atoms with Crippen LogP contribution in [0.4, 0.5) is 0 Å². The lowest BCUT2D eigenvalue weighted by molar-refractivity contribution is -0.220. The standard InChI is InChI=1S/C28H44O4/c1-5-6-7-8-9-10-24(29)32-23-14-15-26(3,25(30)31)21-13-16-28-17-19(2)20(18-28)11-12-22(28)27(21,23)4/h9-10,19-23H,5-8,11-18H2,1-4H3,(H,30,31)/b10-9+/t19-,20-,21+,22-,23-,26+,27+,28+/m0/s1. The largest absolute Gasteiger partial charge is 0.481 e. The van der Waals surface area contributed by atoms with Crippen molar-refractivity contribution in [1.82, 2.24) is 0 Å². The summed E-state index contributed by atoms with van der Waals surface area (Å²) in [6.45, 7) is 8.86. The molecule has 0 aromatic rings. The van der Waals surface area contributed by atoms with Crippen LogP contribution in [0.1, 0.15) is 105 Å². The van der Waals surface area contributed by atoms with Gasteiger partial charge in [0.25, 0.3) is 0 Å². The summed E-state index contributed by atoms with van der Waals surface area (Å²) >= 11 is 0. The van der Waals surface area contributed by atoms with Crippen LogP contribution < -0.4 is 0 Å². The third kappa shape index (κ3) is 3.74. The molecule has 8 atom stereocenters. The van der Waals surface area contributed by atoms with Crippen LogP contribution in [0.5, 0.6) is 0 Å². The highest BCUT2D eigenvalue weighted by Gasteiger charge is 2.68. The van der Waals surface area contributed by atoms with Gasteiger partial charge in [-0.25, -0.2) is 4.79 Å². The van der Waals surface area contributed by atoms with Gasteiger partial charge in [-0.15, -0.1) is 0 Å². The Morgan fingerprint density at radius 2 is 1.81 bits per heavy atom. The first-order chi connectivity index (χ1) is 15.2. The van der Waals surface area contributed by atoms with Crippen LogP contribution in [0, 0.1) is 39.9 Å². The molecular weight excluding hydrogens is 400 g/mol. The SMILES string of the molecule is CCCCC/C=C/C(=O)O[C@H]1CC[C@@](C)(C(=O)O)[C@H]2CC[C@@]34C[C@H](CC[C@H]3[C@]12C)[C@@H](C)C4. The maximum atomic E-state index is 12.8. The van der Waals surface area contributed by atoms with Crippen LogP contribution in [0.2, 0.25) is 0 Å². The molecule has 0 aliphatic heterocycles. The molecule has 2 bridgehead atoms. The number of carbonyl (C=O) groups excluding carboxylic acids is 1. The van der Waals surface area contributed by atoms with E-state index in [2.05, 4.69) is 20.8 Å². The summed E-state index contributed by atoms with van der Waals surface area (Å²) in [5.74, 6) is 1.21. The molecule has 4 heteroatoms. The van der Waals surface area contributed by atoms with Crippen molar-refractivity contribution in [1.29, 1.82) is 0 Å². The van der Waals surface area contributed by atoms with Crippen LogP contribution in [-0.4, -0.2) is 23.1 Å². The number of carbonyl (C=O) groups is 2. The van der Waals surface area contributed by atoms with E-state index < -0.39 is 11.4 Å². The second kappa shape index (κ2) is 8.80. The number of hydrogen-bond acceptors (Lipinski definition) is 3. The van der Waals surface area contributed by atoms with Crippen molar-refractivity contribution in [2.75, 3.05) is 0 Å². The summed E-state index contributed by atoms with van der Waals surface area (Å²) in [5.41, 5.74) is -0.661. The van der Waals surface area contributed by atoms with Gasteiger partial charge in [-0.2, -0.15) is 0 Å². The number of hydrogen-bond donors (Lipinski definition) is 1. The minimum absolute atomic E-state index is 0.0654. The smallest absolute Gasteiger partial charge is 0.330 e. The Labute approximate surface area is 194 Å². The average molecular weight is 445 g/mol. The first-order valence-corrected chi connectivity index (χ1v) is 13.3. The molecule has 4 rings (SSSR count). The number of fused-ring (bicyclic) bond motifs is 3. The van der Waals surface area contributed by atoms with E-state index in [-0.39, 0.29) is 23.4 Å². The van der Waals surface area contributed by atoms with Crippen LogP contribution in [0.3, 0.4) is 0 Å². The van der Waals surface area contributed by atoms with Gasteiger partial charge in [0.2, 0.25) is 0 Å². The Balaban J connectivity index is 1.60. The van der Waals surface area contributed by atoms with Crippen LogP contribution >= 0.6 is 0 Å². The van der Waals surface area contributed by atoms with E-state index in [0.29, 0.717) is 24.2 Å². The molecule has 180 valence electrons. The van der Waals surface area contributed by atoms with Gasteiger partial charge in [0.15, 0.2) is 0 Å². The van der Waals surface area contributed by atoms with Gasteiger partial charge >= 0.3 is 11.9 Å². The number of unbranched alkanes of at least 4 members (excludes halogenated alkanes) is 3. The Morgan fingerprint density at radius 3 is 2.53 bits per heavy atom. The molecule has 0 radical (unpaired) electrons. The molecule has 0 saturated heterocycles. The number of rotatable bonds is 7. The normalized spacial score (nSPS) is 45.3. The molecule has 32 heavy (non-hydrogen) atoms. The van der Waals surface area contributed by atoms with E-state index in [0.717, 1.165) is 37.5 Å². The molecule has 4 saturated carbocycles. The van der Waals surface area contributed by atoms with E-state index in [1.54, 1.807) is 6.08 Å². The predicted molar refractivity (Wildman–Crippen MR) is 126 cm³/mol. The molecule has 0 amide bonds. The van der Waals surface area contributed by atoms with Gasteiger partial charge < -0.3 is 9.84 Å². The van der Waals surface area contributed by atoms with Crippen molar-refractivity contribution in [3.8, 4) is 0 Å². The van der Waals surface area contributed by atoms with Crippen molar-refractivity contribution in [3.05, 3.63) is 12.2 Å². The second-order valence-corrected chi connectivity index (χ2v) is 12.2. The van der Waals surface area contributed by atoms with Gasteiger partial charge in [0.1, 0.15) is 6.10 Å². The lowest BCUT2D eigenvalue weighted by Crippen LogP contribution is -2.64. The number of ether oxygens (including phenoxy) is 1. The summed E-state index contributed by atoms with van der Waals surface area (Å²) in [6, 6.07) is 0. The lowest BCUT2D eigenvalue weighted by Gasteiger charge is -2.65. The molecular formula is C28H44O4. The van der Waals surface area contributed by atoms with Gasteiger partial charge in [0, 0.05) is 11.5 Å². The Hall–Kier alpha value is -1.32. The molecule has 0 aromatic carbocycles. The molecule has 4 aliphatic rings. The Morgan fingerprint density at radius 1 is 1.03 bits per heavy atom. The van der Waals surface area contributed by atoms with Crippen molar-refractivity contribution in [3.63, 3.8) is 0 Å². The fourth-order valence-corrected chi connectivity index (χ4v) is 8.99. The monoisotopic (exact) mass is 444 g/mol. The molecule has 0 aromatic heterocycles. The number of carboxylic acids is 1. The zero-order valence-corrected chi connectivity index (χ0v) is 20.7. The van der Waals surface area contributed by atoms with Crippen molar-refractivity contribution in [2.45, 2.75) is 111 Å². The summed E-state index contributed by atoms with van der Waals surface area (Å²) < 4.78 is 6.20. The van der Waals surface area contributed by atoms with Gasteiger partial charge in [-0.1, -0.05) is 39.7 Å². The Kier molecular flexibility index (Phi) is 6.55. The summed E-state index contributed by atoms with van der Waals surface area (Å²) in [7, 11) is 0.